The van der Waals surface area contributed by atoms with Crippen LogP contribution in [0.5, 0.6) is 5.75 Å². The largest absolute Gasteiger partial charge is 0.494 e. The number of ether oxygens (including phenoxy) is 3. The summed E-state index contributed by atoms with van der Waals surface area (Å²) in [4.78, 5) is 79.9. The molecule has 0 aliphatic carbocycles. The number of likely N-dealkylation sites (tertiary alicyclic amines) is 1. The third kappa shape index (κ3) is 14.3. The molecule has 402 valence electrons. The number of thiazole rings is 1. The van der Waals surface area contributed by atoms with Crippen molar-refractivity contribution >= 4 is 40.7 Å². The first-order valence-electron chi connectivity index (χ1n) is 26.2. The molecule has 2 saturated heterocycles. The number of amides is 4. The minimum atomic E-state index is -0.973. The Morgan fingerprint density at radius 1 is 0.933 bits per heavy atom. The smallest absolute Gasteiger partial charge is 0.253 e. The van der Waals surface area contributed by atoms with Gasteiger partial charge in [-0.1, -0.05) is 57.2 Å². The number of aliphatic hydroxyl groups excluding tert-OH is 1. The number of H-pyrrole nitrogens is 1. The Morgan fingerprint density at radius 3 is 2.28 bits per heavy atom. The first-order chi connectivity index (χ1) is 35.8. The Hall–Kier alpha value is -6.40. The maximum atomic E-state index is 14.2. The van der Waals surface area contributed by atoms with Gasteiger partial charge in [0, 0.05) is 74.4 Å². The van der Waals surface area contributed by atoms with Crippen molar-refractivity contribution in [1.82, 2.24) is 30.8 Å². The quantitative estimate of drug-likeness (QED) is 0.0447. The standard InChI is InChI=1S/C58H75N7O9S/c1-10-64(44-21-25-72-26-22-44)49-29-43(28-47(37(49)4)54(68)59-31-48-35(2)27-36(3)61-55(48)69)41-17-19-46(20-18-41)74-24-12-11-23-73-33-51(67)63-53(58(7,8)9)57(71)65-32-45(66)30-50(65)56(70)62-38(5)40-13-15-42(16-14-40)52-39(6)60-34-75-52/h13-20,27-29,34,38,44-45,50,53,66H,10-12,21-26,30-33H2,1-9H3,(H,59,68)(H,61,69)(H,62,70)(H,63,67)/t38-,45+,50-,53?/m0/s1. The van der Waals surface area contributed by atoms with Crippen molar-refractivity contribution in [2.45, 2.75) is 131 Å². The van der Waals surface area contributed by atoms with Crippen LogP contribution in [-0.2, 0) is 30.4 Å². The molecule has 75 heavy (non-hydrogen) atoms. The van der Waals surface area contributed by atoms with Crippen LogP contribution in [0.25, 0.3) is 21.6 Å². The number of hydrogen-bond acceptors (Lipinski definition) is 12. The summed E-state index contributed by atoms with van der Waals surface area (Å²) in [5.74, 6) is -0.843. The zero-order valence-electron chi connectivity index (χ0n) is 45.0. The lowest BCUT2D eigenvalue weighted by atomic mass is 9.85. The van der Waals surface area contributed by atoms with Crippen LogP contribution in [0.4, 0.5) is 5.69 Å². The average Bonchev–Trinajstić information content (AvgIpc) is 4.00. The molecule has 7 rings (SSSR count). The van der Waals surface area contributed by atoms with Gasteiger partial charge in [0.25, 0.3) is 11.5 Å². The summed E-state index contributed by atoms with van der Waals surface area (Å²) in [5.41, 5.74) is 10.1. The molecule has 0 radical (unpaired) electrons. The number of aryl methyl sites for hydroxylation is 3. The van der Waals surface area contributed by atoms with Crippen molar-refractivity contribution in [1.29, 1.82) is 0 Å². The molecule has 0 saturated carbocycles. The fraction of sp³-hybridized carbons (Fsp3) is 0.483. The number of nitrogens with one attached hydrogen (secondary N) is 4. The molecule has 16 nitrogen and oxygen atoms in total. The number of carbonyl (C=O) groups is 4. The van der Waals surface area contributed by atoms with Gasteiger partial charge in [-0.2, -0.15) is 0 Å². The topological polar surface area (TPSA) is 205 Å². The van der Waals surface area contributed by atoms with Crippen LogP contribution in [0, 0.1) is 33.1 Å². The van der Waals surface area contributed by atoms with Gasteiger partial charge in [0.2, 0.25) is 17.7 Å². The van der Waals surface area contributed by atoms with Gasteiger partial charge in [-0.05, 0) is 136 Å². The third-order valence-corrected chi connectivity index (χ3v) is 15.2. The molecule has 0 spiro atoms. The summed E-state index contributed by atoms with van der Waals surface area (Å²) in [6.07, 6.45) is 2.28. The predicted molar refractivity (Wildman–Crippen MR) is 293 cm³/mol. The van der Waals surface area contributed by atoms with E-state index in [1.165, 1.54) is 4.90 Å². The Bertz CT molecular complexity index is 2830. The molecular formula is C58H75N7O9S. The van der Waals surface area contributed by atoms with Crippen LogP contribution in [0.2, 0.25) is 0 Å². The summed E-state index contributed by atoms with van der Waals surface area (Å²) in [6.45, 7) is 19.9. The number of nitrogens with zero attached hydrogens (tertiary/aromatic N) is 3. The zero-order chi connectivity index (χ0) is 54.0. The molecule has 5 aromatic rings. The molecule has 17 heteroatoms. The maximum Gasteiger partial charge on any atom is 0.253 e. The van der Waals surface area contributed by atoms with E-state index in [2.05, 4.69) is 43.8 Å². The zero-order valence-corrected chi connectivity index (χ0v) is 45.8. The SMILES string of the molecule is CCN(c1cc(-c2ccc(OCCCCOCC(=O)NC(C(=O)N3C[C@H](O)C[C@H]3C(=O)N[C@@H](C)c3ccc(-c4scnc4C)cc3)C(C)(C)C)cc2)cc(C(=O)NCc2c(C)cc(C)[nH]c2=O)c1C)C1CCOCC1. The average molecular weight is 1050 g/mol. The van der Waals surface area contributed by atoms with Crippen LogP contribution in [0.15, 0.2) is 77.0 Å². The van der Waals surface area contributed by atoms with E-state index in [-0.39, 0.29) is 55.6 Å². The lowest BCUT2D eigenvalue weighted by Crippen LogP contribution is -2.58. The molecule has 4 amide bonds. The highest BCUT2D eigenvalue weighted by Gasteiger charge is 2.45. The van der Waals surface area contributed by atoms with Gasteiger partial charge >= 0.3 is 0 Å². The minimum Gasteiger partial charge on any atom is -0.494 e. The number of aromatic amines is 1. The summed E-state index contributed by atoms with van der Waals surface area (Å²) in [6, 6.07) is 19.7. The number of benzene rings is 3. The number of pyridine rings is 1. The molecule has 2 aliphatic rings. The third-order valence-electron chi connectivity index (χ3n) is 14.3. The van der Waals surface area contributed by atoms with E-state index >= 15 is 0 Å². The van der Waals surface area contributed by atoms with Crippen molar-refractivity contribution in [2.24, 2.45) is 5.41 Å². The van der Waals surface area contributed by atoms with Gasteiger partial charge in [-0.15, -0.1) is 11.3 Å². The van der Waals surface area contributed by atoms with E-state index in [0.29, 0.717) is 56.1 Å². The van der Waals surface area contributed by atoms with Gasteiger partial charge in [0.1, 0.15) is 24.4 Å². The van der Waals surface area contributed by atoms with Crippen molar-refractivity contribution in [3.8, 4) is 27.3 Å². The van der Waals surface area contributed by atoms with Gasteiger partial charge < -0.3 is 50.1 Å². The molecule has 1 unspecified atom stereocenters. The minimum absolute atomic E-state index is 0.0238. The van der Waals surface area contributed by atoms with Gasteiger partial charge in [-0.3, -0.25) is 24.0 Å². The van der Waals surface area contributed by atoms with E-state index in [9.17, 15) is 29.1 Å². The number of hydrogen-bond donors (Lipinski definition) is 5. The van der Waals surface area contributed by atoms with Crippen molar-refractivity contribution in [2.75, 3.05) is 51.0 Å². The van der Waals surface area contributed by atoms with Crippen LogP contribution >= 0.6 is 11.3 Å². The fourth-order valence-electron chi connectivity index (χ4n) is 10.0. The predicted octanol–water partition coefficient (Wildman–Crippen LogP) is 7.88. The number of aliphatic hydroxyl groups is 1. The second-order valence-electron chi connectivity index (χ2n) is 20.9. The van der Waals surface area contributed by atoms with Crippen molar-refractivity contribution in [3.63, 3.8) is 0 Å². The van der Waals surface area contributed by atoms with Crippen LogP contribution < -0.4 is 31.1 Å². The summed E-state index contributed by atoms with van der Waals surface area (Å²) in [5, 5.41) is 19.6. The molecule has 0 bridgehead atoms. The number of rotatable bonds is 21. The lowest BCUT2D eigenvalue weighted by molar-refractivity contribution is -0.144. The van der Waals surface area contributed by atoms with Crippen LogP contribution in [0.1, 0.15) is 117 Å². The second-order valence-corrected chi connectivity index (χ2v) is 21.8. The number of anilines is 1. The number of aromatic nitrogens is 2. The fourth-order valence-corrected chi connectivity index (χ4v) is 10.8. The molecule has 4 atom stereocenters. The van der Waals surface area contributed by atoms with E-state index in [4.69, 9.17) is 14.2 Å². The first kappa shape index (κ1) is 56.3. The van der Waals surface area contributed by atoms with Gasteiger partial charge in [0.15, 0.2) is 0 Å². The monoisotopic (exact) mass is 1050 g/mol. The van der Waals surface area contributed by atoms with Crippen LogP contribution in [0.3, 0.4) is 0 Å². The number of unbranched alkanes of at least 4 members (excludes halogenated alkanes) is 1. The Kier molecular flexibility index (Phi) is 19.1. The molecule has 3 aromatic carbocycles. The summed E-state index contributed by atoms with van der Waals surface area (Å²) in [7, 11) is 0. The Balaban J connectivity index is 0.894. The summed E-state index contributed by atoms with van der Waals surface area (Å²) >= 11 is 1.57. The molecule has 4 heterocycles. The maximum absolute atomic E-state index is 14.2. The van der Waals surface area contributed by atoms with Crippen LogP contribution in [-0.4, -0.2) is 114 Å². The van der Waals surface area contributed by atoms with Gasteiger partial charge in [0.05, 0.1) is 34.8 Å². The van der Waals surface area contributed by atoms with E-state index in [1.807, 2.05) is 122 Å². The highest BCUT2D eigenvalue weighted by Crippen LogP contribution is 2.35. The Morgan fingerprint density at radius 2 is 1.63 bits per heavy atom. The first-order valence-corrected chi connectivity index (χ1v) is 27.1. The Labute approximate surface area is 445 Å². The molecule has 2 aliphatic heterocycles. The highest BCUT2D eigenvalue weighted by atomic mass is 32.1. The normalized spacial score (nSPS) is 16.8. The summed E-state index contributed by atoms with van der Waals surface area (Å²) < 4.78 is 17.5. The molecule has 5 N–H and O–H groups in total. The van der Waals surface area contributed by atoms with E-state index in [0.717, 1.165) is 74.7 Å². The molecular weight excluding hydrogens is 971 g/mol. The van der Waals surface area contributed by atoms with E-state index in [1.54, 1.807) is 11.3 Å². The lowest BCUT2D eigenvalue weighted by Gasteiger charge is -2.37. The van der Waals surface area contributed by atoms with Gasteiger partial charge in [-0.25, -0.2) is 4.98 Å². The highest BCUT2D eigenvalue weighted by molar-refractivity contribution is 7.13. The molecule has 2 aromatic heterocycles. The molecule has 2 fully saturated rings. The second kappa shape index (κ2) is 25.4. The number of carbonyl (C=O) groups excluding carboxylic acids is 4. The van der Waals surface area contributed by atoms with E-state index < -0.39 is 35.4 Å². The van der Waals surface area contributed by atoms with Crippen molar-refractivity contribution < 1.29 is 38.5 Å². The van der Waals surface area contributed by atoms with Crippen molar-refractivity contribution in [3.05, 3.63) is 122 Å². The number of β-amino-alcohol motifs (C(OH)–C–C–N with tert-alkyl or cyclic N) is 1.